The fraction of sp³-hybridized carbons (Fsp3) is 0.375. The lowest BCUT2D eigenvalue weighted by Gasteiger charge is -2.28. The number of hydrogen-bond donors (Lipinski definition) is 2. The highest BCUT2D eigenvalue weighted by Crippen LogP contribution is 2.27. The van der Waals surface area contributed by atoms with Crippen LogP contribution in [-0.4, -0.2) is 30.6 Å². The molecule has 0 aliphatic carbocycles. The van der Waals surface area contributed by atoms with Gasteiger partial charge in [0.15, 0.2) is 0 Å². The summed E-state index contributed by atoms with van der Waals surface area (Å²) in [5, 5.41) is 5.43. The third-order valence-corrected chi connectivity index (χ3v) is 4.00. The van der Waals surface area contributed by atoms with Gasteiger partial charge >= 0.3 is 12.0 Å². The predicted molar refractivity (Wildman–Crippen MR) is 87.6 cm³/mol. The number of carbonyl (C=O) groups excluding carboxylic acids is 2. The van der Waals surface area contributed by atoms with Gasteiger partial charge in [-0.25, -0.2) is 9.59 Å². The first kappa shape index (κ1) is 16.4. The first-order chi connectivity index (χ1) is 10.5. The van der Waals surface area contributed by atoms with Crippen molar-refractivity contribution in [3.63, 3.8) is 0 Å². The maximum Gasteiger partial charge on any atom is 0.338 e. The molecule has 1 unspecified atom stereocenters. The fourth-order valence-electron chi connectivity index (χ4n) is 2.27. The Bertz CT molecular complexity index is 596. The molecule has 1 aliphatic rings. The number of amides is 2. The van der Waals surface area contributed by atoms with Crippen LogP contribution in [0.2, 0.25) is 0 Å². The summed E-state index contributed by atoms with van der Waals surface area (Å²) in [6.45, 7) is 4.06. The van der Waals surface area contributed by atoms with E-state index in [4.69, 9.17) is 4.74 Å². The average Bonchev–Trinajstić information content (AvgIpc) is 2.47. The van der Waals surface area contributed by atoms with Gasteiger partial charge < -0.3 is 15.4 Å². The van der Waals surface area contributed by atoms with E-state index in [1.807, 2.05) is 37.4 Å². The summed E-state index contributed by atoms with van der Waals surface area (Å²) in [4.78, 5) is 24.1. The lowest BCUT2D eigenvalue weighted by atomic mass is 9.95. The standard InChI is InChI=1S/C16H20N2O3S/c1-10-4-6-12(7-5-10)14-13(11(2)17-16(20)18-14)15(19)21-8-9-22-3/h4-7,14H,8-9H2,1-3H3,(H2,17,18,20). The van der Waals surface area contributed by atoms with Crippen molar-refractivity contribution in [2.75, 3.05) is 18.6 Å². The summed E-state index contributed by atoms with van der Waals surface area (Å²) in [6.07, 6.45) is 1.95. The third kappa shape index (κ3) is 3.82. The molecule has 1 aliphatic heterocycles. The van der Waals surface area contributed by atoms with Crippen molar-refractivity contribution < 1.29 is 14.3 Å². The first-order valence-electron chi connectivity index (χ1n) is 7.04. The van der Waals surface area contributed by atoms with Crippen LogP contribution in [0.15, 0.2) is 35.5 Å². The predicted octanol–water partition coefficient (Wildman–Crippen LogP) is 2.53. The van der Waals surface area contributed by atoms with Crippen LogP contribution in [-0.2, 0) is 9.53 Å². The van der Waals surface area contributed by atoms with Gasteiger partial charge in [-0.3, -0.25) is 0 Å². The molecule has 1 atom stereocenters. The zero-order valence-electron chi connectivity index (χ0n) is 12.9. The number of carbonyl (C=O) groups is 2. The number of aryl methyl sites for hydroxylation is 1. The van der Waals surface area contributed by atoms with E-state index in [9.17, 15) is 9.59 Å². The number of nitrogens with one attached hydrogen (secondary N) is 2. The van der Waals surface area contributed by atoms with Crippen LogP contribution in [0, 0.1) is 6.92 Å². The van der Waals surface area contributed by atoms with E-state index in [2.05, 4.69) is 10.6 Å². The van der Waals surface area contributed by atoms with Crippen LogP contribution in [0.3, 0.4) is 0 Å². The molecular formula is C16H20N2O3S. The van der Waals surface area contributed by atoms with Gasteiger partial charge in [-0.2, -0.15) is 11.8 Å². The number of urea groups is 1. The molecule has 0 fully saturated rings. The van der Waals surface area contributed by atoms with Crippen molar-refractivity contribution in [2.24, 2.45) is 0 Å². The van der Waals surface area contributed by atoms with Crippen LogP contribution in [0.4, 0.5) is 4.79 Å². The van der Waals surface area contributed by atoms with E-state index >= 15 is 0 Å². The Labute approximate surface area is 134 Å². The minimum Gasteiger partial charge on any atom is -0.461 e. The number of rotatable bonds is 5. The average molecular weight is 320 g/mol. The van der Waals surface area contributed by atoms with E-state index in [0.29, 0.717) is 17.9 Å². The Kier molecular flexibility index (Phi) is 5.49. The normalized spacial score (nSPS) is 17.8. The van der Waals surface area contributed by atoms with E-state index in [0.717, 1.165) is 16.9 Å². The lowest BCUT2D eigenvalue weighted by molar-refractivity contribution is -0.138. The molecule has 2 N–H and O–H groups in total. The summed E-state index contributed by atoms with van der Waals surface area (Å²) >= 11 is 1.61. The lowest BCUT2D eigenvalue weighted by Crippen LogP contribution is -2.45. The van der Waals surface area contributed by atoms with Gasteiger partial charge in [0, 0.05) is 11.4 Å². The minimum atomic E-state index is -0.490. The number of thioether (sulfide) groups is 1. The Morgan fingerprint density at radius 3 is 2.59 bits per heavy atom. The van der Waals surface area contributed by atoms with Crippen LogP contribution in [0.25, 0.3) is 0 Å². The van der Waals surface area contributed by atoms with E-state index in [1.165, 1.54) is 0 Å². The molecule has 0 aromatic heterocycles. The number of esters is 1. The molecule has 2 amide bonds. The number of allylic oxidation sites excluding steroid dienone is 1. The maximum atomic E-state index is 12.4. The van der Waals surface area contributed by atoms with Crippen molar-refractivity contribution in [3.8, 4) is 0 Å². The molecule has 1 aromatic carbocycles. The maximum absolute atomic E-state index is 12.4. The Morgan fingerprint density at radius 2 is 1.95 bits per heavy atom. The van der Waals surface area contributed by atoms with Gasteiger partial charge in [0.2, 0.25) is 0 Å². The van der Waals surface area contributed by atoms with Gasteiger partial charge in [0.25, 0.3) is 0 Å². The molecule has 0 spiro atoms. The number of hydrogen-bond acceptors (Lipinski definition) is 4. The van der Waals surface area contributed by atoms with E-state index in [1.54, 1.807) is 18.7 Å². The molecule has 0 radical (unpaired) electrons. The Morgan fingerprint density at radius 1 is 1.27 bits per heavy atom. The first-order valence-corrected chi connectivity index (χ1v) is 8.43. The van der Waals surface area contributed by atoms with Crippen molar-refractivity contribution in [3.05, 3.63) is 46.7 Å². The summed E-state index contributed by atoms with van der Waals surface area (Å²) < 4.78 is 5.29. The second-order valence-electron chi connectivity index (χ2n) is 5.11. The SMILES string of the molecule is CSCCOC(=O)C1=C(C)NC(=O)NC1c1ccc(C)cc1. The number of ether oxygens (including phenoxy) is 1. The second kappa shape index (κ2) is 7.35. The Hall–Kier alpha value is -1.95. The summed E-state index contributed by atoms with van der Waals surface area (Å²) in [5.74, 6) is 0.345. The fourth-order valence-corrected chi connectivity index (χ4v) is 2.52. The monoisotopic (exact) mass is 320 g/mol. The highest BCUT2D eigenvalue weighted by Gasteiger charge is 2.32. The summed E-state index contributed by atoms with van der Waals surface area (Å²) in [7, 11) is 0. The van der Waals surface area contributed by atoms with Gasteiger partial charge in [-0.05, 0) is 25.7 Å². The molecule has 2 rings (SSSR count). The third-order valence-electron chi connectivity index (χ3n) is 3.42. The van der Waals surface area contributed by atoms with Crippen molar-refractivity contribution in [2.45, 2.75) is 19.9 Å². The van der Waals surface area contributed by atoms with E-state index < -0.39 is 12.0 Å². The number of benzene rings is 1. The highest BCUT2D eigenvalue weighted by atomic mass is 32.2. The minimum absolute atomic E-state index is 0.316. The molecule has 5 nitrogen and oxygen atoms in total. The van der Waals surface area contributed by atoms with Gasteiger partial charge in [0.05, 0.1) is 11.6 Å². The molecule has 118 valence electrons. The van der Waals surface area contributed by atoms with Crippen LogP contribution >= 0.6 is 11.8 Å². The van der Waals surface area contributed by atoms with Crippen molar-refractivity contribution in [1.29, 1.82) is 0 Å². The summed E-state index contributed by atoms with van der Waals surface area (Å²) in [6, 6.07) is 6.92. The van der Waals surface area contributed by atoms with Crippen molar-refractivity contribution in [1.82, 2.24) is 10.6 Å². The summed E-state index contributed by atoms with van der Waals surface area (Å²) in [5.41, 5.74) is 2.96. The van der Waals surface area contributed by atoms with Crippen molar-refractivity contribution >= 4 is 23.8 Å². The highest BCUT2D eigenvalue weighted by molar-refractivity contribution is 7.98. The quantitative estimate of drug-likeness (QED) is 0.646. The molecular weight excluding hydrogens is 300 g/mol. The van der Waals surface area contributed by atoms with Crippen LogP contribution in [0.5, 0.6) is 0 Å². The zero-order chi connectivity index (χ0) is 16.1. The molecule has 6 heteroatoms. The molecule has 1 heterocycles. The molecule has 0 saturated heterocycles. The second-order valence-corrected chi connectivity index (χ2v) is 6.10. The topological polar surface area (TPSA) is 67.4 Å². The van der Waals surface area contributed by atoms with E-state index in [-0.39, 0.29) is 6.03 Å². The molecule has 0 bridgehead atoms. The largest absolute Gasteiger partial charge is 0.461 e. The van der Waals surface area contributed by atoms with Gasteiger partial charge in [-0.15, -0.1) is 0 Å². The van der Waals surface area contributed by atoms with Gasteiger partial charge in [0.1, 0.15) is 6.61 Å². The Balaban J connectivity index is 2.28. The zero-order valence-corrected chi connectivity index (χ0v) is 13.8. The molecule has 22 heavy (non-hydrogen) atoms. The smallest absolute Gasteiger partial charge is 0.338 e. The molecule has 0 saturated carbocycles. The van der Waals surface area contributed by atoms with Crippen LogP contribution in [0.1, 0.15) is 24.1 Å². The van der Waals surface area contributed by atoms with Crippen LogP contribution < -0.4 is 10.6 Å². The van der Waals surface area contributed by atoms with Gasteiger partial charge in [-0.1, -0.05) is 29.8 Å². The molecule has 1 aromatic rings.